The number of benzene rings is 1. The summed E-state index contributed by atoms with van der Waals surface area (Å²) < 4.78 is 12.1. The molecule has 4 heterocycles. The molecule has 4 aliphatic rings. The number of rotatable bonds is 8. The number of amides is 2. The summed E-state index contributed by atoms with van der Waals surface area (Å²) in [5.41, 5.74) is 0.433. The molecule has 2 amide bonds. The largest absolute Gasteiger partial charge is 0.465 e. The van der Waals surface area contributed by atoms with Crippen LogP contribution in [0.2, 0.25) is 0 Å². The minimum atomic E-state index is -1.35. The van der Waals surface area contributed by atoms with Gasteiger partial charge < -0.3 is 29.3 Å². The molecule has 1 aromatic rings. The lowest BCUT2D eigenvalue weighted by atomic mass is 9.77. The van der Waals surface area contributed by atoms with Crippen LogP contribution in [0.15, 0.2) is 48.6 Å². The van der Waals surface area contributed by atoms with Gasteiger partial charge in [0.15, 0.2) is 0 Å². The molecule has 0 aromatic heterocycles. The fraction of sp³-hybridized carbons (Fsp3) is 0.581. The van der Waals surface area contributed by atoms with Gasteiger partial charge in [0.1, 0.15) is 17.6 Å². The molecule has 2 saturated heterocycles. The van der Waals surface area contributed by atoms with Crippen molar-refractivity contribution in [1.29, 1.82) is 0 Å². The predicted octanol–water partition coefficient (Wildman–Crippen LogP) is 2.93. The van der Waals surface area contributed by atoms with E-state index in [1.54, 1.807) is 4.90 Å². The molecule has 9 nitrogen and oxygen atoms in total. The number of fused-ring (bicyclic) bond motifs is 2. The second kappa shape index (κ2) is 11.4. The SMILES string of the molecule is CCN(CC)c1ccc(N2CC=C[C@]34O[C@@H]5C=CCCOC(=O)[C@@H]5[C@H]3C(=O)N([C@@H](CO)CC(C)C)C4C2=O)cc1. The molecule has 1 N–H and O–H groups in total. The van der Waals surface area contributed by atoms with E-state index >= 15 is 0 Å². The minimum absolute atomic E-state index is 0.171. The van der Waals surface area contributed by atoms with Crippen LogP contribution < -0.4 is 9.80 Å². The highest BCUT2D eigenvalue weighted by atomic mass is 16.6. The monoisotopic (exact) mass is 551 g/mol. The highest BCUT2D eigenvalue weighted by Gasteiger charge is 2.72. The van der Waals surface area contributed by atoms with E-state index < -0.39 is 41.6 Å². The molecular formula is C31H41N3O6. The number of esters is 1. The average molecular weight is 552 g/mol. The average Bonchev–Trinajstić information content (AvgIpc) is 3.32. The first kappa shape index (κ1) is 28.4. The Hall–Kier alpha value is -3.17. The summed E-state index contributed by atoms with van der Waals surface area (Å²) in [5.74, 6) is -2.74. The number of cyclic esters (lactones) is 1. The van der Waals surface area contributed by atoms with Crippen molar-refractivity contribution in [3.05, 3.63) is 48.6 Å². The number of likely N-dealkylation sites (tertiary alicyclic amines) is 1. The fourth-order valence-corrected chi connectivity index (χ4v) is 6.92. The van der Waals surface area contributed by atoms with Crippen molar-refractivity contribution in [2.75, 3.05) is 42.6 Å². The Labute approximate surface area is 236 Å². The number of aliphatic hydroxyl groups excluding tert-OH is 1. The van der Waals surface area contributed by atoms with E-state index in [4.69, 9.17) is 9.47 Å². The highest BCUT2D eigenvalue weighted by Crippen LogP contribution is 2.54. The minimum Gasteiger partial charge on any atom is -0.465 e. The van der Waals surface area contributed by atoms with Crippen LogP contribution in [0.1, 0.15) is 40.5 Å². The summed E-state index contributed by atoms with van der Waals surface area (Å²) in [4.78, 5) is 47.5. The molecule has 9 heteroatoms. The molecule has 2 fully saturated rings. The van der Waals surface area contributed by atoms with Gasteiger partial charge in [-0.1, -0.05) is 38.2 Å². The maximum Gasteiger partial charge on any atom is 0.312 e. The molecular weight excluding hydrogens is 510 g/mol. The number of aliphatic hydroxyl groups is 1. The molecule has 1 aromatic carbocycles. The van der Waals surface area contributed by atoms with Crippen molar-refractivity contribution < 1.29 is 29.0 Å². The maximum absolute atomic E-state index is 14.6. The molecule has 40 heavy (non-hydrogen) atoms. The van der Waals surface area contributed by atoms with Crippen molar-refractivity contribution >= 4 is 29.2 Å². The van der Waals surface area contributed by atoms with Gasteiger partial charge in [-0.25, -0.2) is 0 Å². The van der Waals surface area contributed by atoms with E-state index in [1.165, 1.54) is 4.90 Å². The van der Waals surface area contributed by atoms with Crippen LogP contribution in [0.4, 0.5) is 11.4 Å². The van der Waals surface area contributed by atoms with Crippen LogP contribution in [-0.2, 0) is 23.9 Å². The third kappa shape index (κ3) is 4.63. The Bertz CT molecular complexity index is 1180. The maximum atomic E-state index is 14.6. The second-order valence-electron chi connectivity index (χ2n) is 11.5. The summed E-state index contributed by atoms with van der Waals surface area (Å²) in [6.45, 7) is 10.2. The van der Waals surface area contributed by atoms with Gasteiger partial charge in [0.2, 0.25) is 5.91 Å². The number of hydrogen-bond acceptors (Lipinski definition) is 7. The zero-order chi connectivity index (χ0) is 28.6. The molecule has 0 aliphatic carbocycles. The van der Waals surface area contributed by atoms with E-state index in [1.807, 2.05) is 62.4 Å². The number of carbonyl (C=O) groups is 3. The third-order valence-electron chi connectivity index (χ3n) is 8.70. The molecule has 6 atom stereocenters. The van der Waals surface area contributed by atoms with E-state index in [0.717, 1.165) is 18.8 Å². The van der Waals surface area contributed by atoms with Crippen LogP contribution >= 0.6 is 0 Å². The van der Waals surface area contributed by atoms with Crippen LogP contribution in [0.3, 0.4) is 0 Å². The molecule has 216 valence electrons. The Balaban J connectivity index is 1.59. The third-order valence-corrected chi connectivity index (χ3v) is 8.70. The van der Waals surface area contributed by atoms with Gasteiger partial charge in [0, 0.05) is 31.0 Å². The molecule has 1 unspecified atom stereocenters. The first-order valence-electron chi connectivity index (χ1n) is 14.6. The topological polar surface area (TPSA) is 99.6 Å². The predicted molar refractivity (Wildman–Crippen MR) is 152 cm³/mol. The van der Waals surface area contributed by atoms with Crippen molar-refractivity contribution in [2.45, 2.75) is 64.3 Å². The second-order valence-corrected chi connectivity index (χ2v) is 11.5. The zero-order valence-corrected chi connectivity index (χ0v) is 23.9. The Morgan fingerprint density at radius 2 is 1.80 bits per heavy atom. The van der Waals surface area contributed by atoms with Crippen LogP contribution in [0.5, 0.6) is 0 Å². The van der Waals surface area contributed by atoms with Crippen molar-refractivity contribution in [3.63, 3.8) is 0 Å². The number of anilines is 2. The van der Waals surface area contributed by atoms with Gasteiger partial charge in [0.25, 0.3) is 5.91 Å². The Morgan fingerprint density at radius 3 is 2.45 bits per heavy atom. The van der Waals surface area contributed by atoms with E-state index in [-0.39, 0.29) is 30.9 Å². The lowest BCUT2D eigenvalue weighted by Gasteiger charge is -2.39. The Morgan fingerprint density at radius 1 is 1.07 bits per heavy atom. The van der Waals surface area contributed by atoms with Gasteiger partial charge in [-0.05, 0) is 56.9 Å². The lowest BCUT2D eigenvalue weighted by Crippen LogP contribution is -2.58. The molecule has 5 rings (SSSR count). The number of carbonyl (C=O) groups excluding carboxylic acids is 3. The van der Waals surface area contributed by atoms with Crippen molar-refractivity contribution in [3.8, 4) is 0 Å². The summed E-state index contributed by atoms with van der Waals surface area (Å²) in [7, 11) is 0. The summed E-state index contributed by atoms with van der Waals surface area (Å²) in [6, 6.07) is 6.24. The smallest absolute Gasteiger partial charge is 0.312 e. The van der Waals surface area contributed by atoms with Crippen molar-refractivity contribution in [1.82, 2.24) is 4.90 Å². The lowest BCUT2D eigenvalue weighted by molar-refractivity contribution is -0.155. The highest BCUT2D eigenvalue weighted by molar-refractivity contribution is 6.05. The number of ether oxygens (including phenoxy) is 2. The first-order valence-corrected chi connectivity index (χ1v) is 14.6. The number of hydrogen-bond donors (Lipinski definition) is 1. The normalized spacial score (nSPS) is 30.4. The first-order chi connectivity index (χ1) is 19.3. The fourth-order valence-electron chi connectivity index (χ4n) is 6.92. The summed E-state index contributed by atoms with van der Waals surface area (Å²) in [6.07, 6.45) is 7.81. The van der Waals surface area contributed by atoms with E-state index in [9.17, 15) is 19.5 Å². The molecule has 1 spiro atoms. The number of nitrogens with zero attached hydrogens (tertiary/aromatic N) is 3. The molecule has 0 radical (unpaired) electrons. The zero-order valence-electron chi connectivity index (χ0n) is 23.9. The molecule has 4 aliphatic heterocycles. The van der Waals surface area contributed by atoms with Gasteiger partial charge in [-0.2, -0.15) is 0 Å². The van der Waals surface area contributed by atoms with Gasteiger partial charge in [-0.3, -0.25) is 14.4 Å². The van der Waals surface area contributed by atoms with E-state index in [0.29, 0.717) is 25.1 Å². The van der Waals surface area contributed by atoms with Crippen molar-refractivity contribution in [2.24, 2.45) is 17.8 Å². The van der Waals surface area contributed by atoms with Crippen LogP contribution in [0.25, 0.3) is 0 Å². The summed E-state index contributed by atoms with van der Waals surface area (Å²) >= 11 is 0. The Kier molecular flexibility index (Phi) is 8.06. The van der Waals surface area contributed by atoms with E-state index in [2.05, 4.69) is 18.7 Å². The van der Waals surface area contributed by atoms with Crippen LogP contribution in [-0.4, -0.2) is 84.4 Å². The summed E-state index contributed by atoms with van der Waals surface area (Å²) in [5, 5.41) is 10.5. The van der Waals surface area contributed by atoms with Gasteiger partial charge in [0.05, 0.1) is 31.3 Å². The standard InChI is InChI=1S/C31H41N3O6/c1-5-32(6-2)21-11-13-22(14-12-21)33-16-9-15-31-26(25-24(40-31)10-7-8-17-39-30(25)38)28(36)34(27(31)29(33)37)23(19-35)18-20(3)4/h7,9-15,20,23-27,35H,5-6,8,16-19H2,1-4H3/t23-,24-,25+,26+,27?,31+/m1/s1. The molecule has 0 saturated carbocycles. The van der Waals surface area contributed by atoms with Gasteiger partial charge >= 0.3 is 5.97 Å². The molecule has 0 bridgehead atoms. The quantitative estimate of drug-likeness (QED) is 0.392. The van der Waals surface area contributed by atoms with Crippen LogP contribution in [0, 0.1) is 17.8 Å². The van der Waals surface area contributed by atoms with Gasteiger partial charge in [-0.15, -0.1) is 0 Å².